The number of hydrogen-bond acceptors (Lipinski definition) is 5. The molecule has 5 rings (SSSR count). The molecule has 0 amide bonds. The van der Waals surface area contributed by atoms with Crippen LogP contribution in [0.2, 0.25) is 0 Å². The van der Waals surface area contributed by atoms with Crippen molar-refractivity contribution in [1.82, 2.24) is 9.80 Å². The number of phenolic OH excluding ortho intramolecular Hbond substituents is 1. The molecule has 0 aromatic heterocycles. The van der Waals surface area contributed by atoms with E-state index in [1.54, 1.807) is 0 Å². The van der Waals surface area contributed by atoms with Gasteiger partial charge in [0, 0.05) is 37.1 Å². The zero-order valence-corrected chi connectivity index (χ0v) is 20.9. The minimum absolute atomic E-state index is 0.372. The Labute approximate surface area is 202 Å². The normalized spacial score (nSPS) is 15.9. The standard InChI is InChI=1S/C29H34N2O3/c1-18-6-21(12-23-8-19(2)10-25-14-30(4)16-33-28(23)25)27(32)22(7-18)13-24-9-20(3)11-26-15-31(5)17-34-29(24)26/h6-11,32H,12-17H2,1-5H3. The molecule has 0 aliphatic carbocycles. The molecule has 2 aliphatic heterocycles. The molecule has 3 aromatic carbocycles. The smallest absolute Gasteiger partial charge is 0.142 e. The van der Waals surface area contributed by atoms with Crippen LogP contribution in [0.3, 0.4) is 0 Å². The monoisotopic (exact) mass is 458 g/mol. The molecule has 2 aliphatic rings. The second kappa shape index (κ2) is 8.97. The number of hydrogen-bond donors (Lipinski definition) is 1. The summed E-state index contributed by atoms with van der Waals surface area (Å²) in [6.45, 7) is 9.27. The summed E-state index contributed by atoms with van der Waals surface area (Å²) < 4.78 is 12.2. The number of ether oxygens (including phenoxy) is 2. The van der Waals surface area contributed by atoms with Gasteiger partial charge >= 0.3 is 0 Å². The SMILES string of the molecule is Cc1cc(Cc2cc(C)cc3c2OCN(C)C3)c(O)c(Cc2cc(C)cc3c2OCN(C)C3)c1. The first-order valence-electron chi connectivity index (χ1n) is 12.0. The minimum atomic E-state index is 0.372. The van der Waals surface area contributed by atoms with Crippen molar-refractivity contribution in [2.24, 2.45) is 0 Å². The van der Waals surface area contributed by atoms with E-state index in [0.717, 1.165) is 52.4 Å². The maximum Gasteiger partial charge on any atom is 0.142 e. The number of fused-ring (bicyclic) bond motifs is 2. The molecule has 34 heavy (non-hydrogen) atoms. The summed E-state index contributed by atoms with van der Waals surface area (Å²) in [4.78, 5) is 4.33. The van der Waals surface area contributed by atoms with Crippen LogP contribution in [-0.2, 0) is 25.9 Å². The van der Waals surface area contributed by atoms with E-state index in [1.807, 2.05) is 0 Å². The molecule has 5 nitrogen and oxygen atoms in total. The molecule has 1 N–H and O–H groups in total. The molecule has 0 fully saturated rings. The maximum absolute atomic E-state index is 11.4. The molecule has 5 heteroatoms. The van der Waals surface area contributed by atoms with Gasteiger partial charge in [-0.3, -0.25) is 9.80 Å². The Morgan fingerprint density at radius 1 is 0.647 bits per heavy atom. The van der Waals surface area contributed by atoms with Gasteiger partial charge in [-0.05, 0) is 57.1 Å². The predicted octanol–water partition coefficient (Wildman–Crippen LogP) is 5.06. The highest BCUT2D eigenvalue weighted by Gasteiger charge is 2.22. The number of phenols is 1. The molecule has 178 valence electrons. The van der Waals surface area contributed by atoms with E-state index < -0.39 is 0 Å². The Kier molecular flexibility index (Phi) is 6.00. The van der Waals surface area contributed by atoms with E-state index in [4.69, 9.17) is 9.47 Å². The van der Waals surface area contributed by atoms with Crippen molar-refractivity contribution in [3.05, 3.63) is 86.5 Å². The quantitative estimate of drug-likeness (QED) is 0.592. The van der Waals surface area contributed by atoms with Crippen LogP contribution in [0.4, 0.5) is 0 Å². The number of nitrogens with zero attached hydrogens (tertiary/aromatic N) is 2. The van der Waals surface area contributed by atoms with E-state index in [-0.39, 0.29) is 0 Å². The van der Waals surface area contributed by atoms with Crippen molar-refractivity contribution in [3.63, 3.8) is 0 Å². The van der Waals surface area contributed by atoms with Crippen molar-refractivity contribution in [2.75, 3.05) is 27.6 Å². The number of aromatic hydroxyl groups is 1. The fourth-order valence-corrected chi connectivity index (χ4v) is 5.36. The van der Waals surface area contributed by atoms with E-state index in [9.17, 15) is 5.11 Å². The Morgan fingerprint density at radius 2 is 1.03 bits per heavy atom. The second-order valence-electron chi connectivity index (χ2n) is 10.2. The zero-order chi connectivity index (χ0) is 24.0. The summed E-state index contributed by atoms with van der Waals surface area (Å²) in [5.74, 6) is 2.31. The molecular weight excluding hydrogens is 424 g/mol. The molecule has 0 unspecified atom stereocenters. The van der Waals surface area contributed by atoms with Crippen LogP contribution < -0.4 is 9.47 Å². The Balaban J connectivity index is 1.50. The van der Waals surface area contributed by atoms with Crippen LogP contribution in [0.1, 0.15) is 50.1 Å². The van der Waals surface area contributed by atoms with Gasteiger partial charge in [0.1, 0.15) is 30.7 Å². The first-order chi connectivity index (χ1) is 16.3. The zero-order valence-electron chi connectivity index (χ0n) is 20.9. The third-order valence-corrected chi connectivity index (χ3v) is 6.69. The third kappa shape index (κ3) is 4.50. The minimum Gasteiger partial charge on any atom is -0.507 e. The van der Waals surface area contributed by atoms with Crippen LogP contribution in [-0.4, -0.2) is 42.5 Å². The lowest BCUT2D eigenvalue weighted by Crippen LogP contribution is -2.28. The van der Waals surface area contributed by atoms with Crippen molar-refractivity contribution >= 4 is 0 Å². The van der Waals surface area contributed by atoms with E-state index in [0.29, 0.717) is 32.1 Å². The van der Waals surface area contributed by atoms with Gasteiger partial charge in [0.2, 0.25) is 0 Å². The third-order valence-electron chi connectivity index (χ3n) is 6.69. The average molecular weight is 459 g/mol. The lowest BCUT2D eigenvalue weighted by Gasteiger charge is -2.28. The van der Waals surface area contributed by atoms with Crippen LogP contribution in [0.5, 0.6) is 17.2 Å². The van der Waals surface area contributed by atoms with Gasteiger partial charge in [-0.1, -0.05) is 53.1 Å². The summed E-state index contributed by atoms with van der Waals surface area (Å²) in [7, 11) is 4.13. The molecule has 0 saturated carbocycles. The first kappa shape index (κ1) is 22.8. The average Bonchev–Trinajstić information content (AvgIpc) is 2.76. The van der Waals surface area contributed by atoms with Gasteiger partial charge in [0.15, 0.2) is 0 Å². The molecule has 0 spiro atoms. The second-order valence-corrected chi connectivity index (χ2v) is 10.2. The number of aryl methyl sites for hydroxylation is 3. The van der Waals surface area contributed by atoms with Gasteiger partial charge in [-0.2, -0.15) is 0 Å². The fourth-order valence-electron chi connectivity index (χ4n) is 5.36. The Bertz CT molecular complexity index is 1160. The largest absolute Gasteiger partial charge is 0.507 e. The number of rotatable bonds is 4. The van der Waals surface area contributed by atoms with Gasteiger partial charge < -0.3 is 14.6 Å². The molecule has 2 heterocycles. The van der Waals surface area contributed by atoms with E-state index >= 15 is 0 Å². The summed E-state index contributed by atoms with van der Waals surface area (Å²) in [6.07, 6.45) is 1.28. The molecule has 3 aromatic rings. The van der Waals surface area contributed by atoms with Gasteiger partial charge in [0.05, 0.1) is 0 Å². The van der Waals surface area contributed by atoms with E-state index in [1.165, 1.54) is 22.3 Å². The van der Waals surface area contributed by atoms with Gasteiger partial charge in [0.25, 0.3) is 0 Å². The van der Waals surface area contributed by atoms with Crippen LogP contribution in [0.25, 0.3) is 0 Å². The number of benzene rings is 3. The summed E-state index contributed by atoms with van der Waals surface area (Å²) in [5.41, 5.74) is 10.1. The lowest BCUT2D eigenvalue weighted by molar-refractivity contribution is 0.120. The fraction of sp³-hybridized carbons (Fsp3) is 0.379. The van der Waals surface area contributed by atoms with Gasteiger partial charge in [-0.25, -0.2) is 0 Å². The first-order valence-corrected chi connectivity index (χ1v) is 12.0. The summed E-state index contributed by atoms with van der Waals surface area (Å²) >= 11 is 0. The highest BCUT2D eigenvalue weighted by atomic mass is 16.5. The van der Waals surface area contributed by atoms with Crippen molar-refractivity contribution < 1.29 is 14.6 Å². The van der Waals surface area contributed by atoms with Gasteiger partial charge in [-0.15, -0.1) is 0 Å². The van der Waals surface area contributed by atoms with E-state index in [2.05, 4.69) is 81.1 Å². The molecule has 0 bridgehead atoms. The maximum atomic E-state index is 11.4. The highest BCUT2D eigenvalue weighted by Crippen LogP contribution is 2.37. The summed E-state index contributed by atoms with van der Waals surface area (Å²) in [5, 5.41) is 11.4. The molecule has 0 atom stereocenters. The van der Waals surface area contributed by atoms with Crippen molar-refractivity contribution in [3.8, 4) is 17.2 Å². The highest BCUT2D eigenvalue weighted by molar-refractivity contribution is 5.54. The van der Waals surface area contributed by atoms with Crippen molar-refractivity contribution in [2.45, 2.75) is 46.7 Å². The molecular formula is C29H34N2O3. The lowest BCUT2D eigenvalue weighted by atomic mass is 9.92. The van der Waals surface area contributed by atoms with Crippen LogP contribution >= 0.6 is 0 Å². The molecule has 0 saturated heterocycles. The predicted molar refractivity (Wildman–Crippen MR) is 135 cm³/mol. The van der Waals surface area contributed by atoms with Crippen LogP contribution in [0.15, 0.2) is 36.4 Å². The summed E-state index contributed by atoms with van der Waals surface area (Å²) in [6, 6.07) is 13.0. The Morgan fingerprint density at radius 3 is 1.47 bits per heavy atom. The van der Waals surface area contributed by atoms with Crippen molar-refractivity contribution in [1.29, 1.82) is 0 Å². The van der Waals surface area contributed by atoms with Crippen LogP contribution in [0, 0.1) is 20.8 Å². The molecule has 0 radical (unpaired) electrons. The Hall–Kier alpha value is -3.02. The topological polar surface area (TPSA) is 45.2 Å².